The number of allylic oxidation sites excluding steroid dienone is 4. The molecule has 0 spiro atoms. The summed E-state index contributed by atoms with van der Waals surface area (Å²) >= 11 is 0. The van der Waals surface area contributed by atoms with Gasteiger partial charge >= 0.3 is 0 Å². The van der Waals surface area contributed by atoms with Crippen molar-refractivity contribution in [3.05, 3.63) is 83.6 Å². The van der Waals surface area contributed by atoms with Crippen molar-refractivity contribution in [2.45, 2.75) is 6.42 Å². The number of carbonyl (C=O) groups excluding carboxylic acids is 1. The van der Waals surface area contributed by atoms with E-state index < -0.39 is 0 Å². The Morgan fingerprint density at radius 1 is 0.800 bits per heavy atom. The fourth-order valence-electron chi connectivity index (χ4n) is 2.42. The monoisotopic (exact) mass is 262 g/mol. The quantitative estimate of drug-likeness (QED) is 0.887. The van der Waals surface area contributed by atoms with Gasteiger partial charge in [-0.05, 0) is 28.3 Å². The average molecular weight is 262 g/mol. The molecule has 0 saturated heterocycles. The third-order valence-electron chi connectivity index (χ3n) is 3.44. The van der Waals surface area contributed by atoms with Gasteiger partial charge in [0, 0.05) is 6.42 Å². The van der Waals surface area contributed by atoms with E-state index in [0.717, 1.165) is 22.3 Å². The van der Waals surface area contributed by atoms with Crippen molar-refractivity contribution in [3.8, 4) is 0 Å². The molecule has 0 unspecified atom stereocenters. The van der Waals surface area contributed by atoms with E-state index in [2.05, 4.69) is 0 Å². The van der Waals surface area contributed by atoms with Crippen LogP contribution in [0.2, 0.25) is 0 Å². The number of benzene rings is 2. The lowest BCUT2D eigenvalue weighted by atomic mass is 9.87. The Morgan fingerprint density at radius 3 is 1.95 bits per heavy atom. The number of hydrogen-bond donors (Lipinski definition) is 1. The zero-order valence-electron chi connectivity index (χ0n) is 10.9. The molecule has 2 heteroatoms. The smallest absolute Gasteiger partial charge is 0.201 e. The van der Waals surface area contributed by atoms with Gasteiger partial charge in [-0.2, -0.15) is 0 Å². The van der Waals surface area contributed by atoms with Crippen molar-refractivity contribution >= 4 is 16.9 Å². The van der Waals surface area contributed by atoms with Crippen LogP contribution >= 0.6 is 0 Å². The Kier molecular flexibility index (Phi) is 3.21. The maximum atomic E-state index is 11.8. The second kappa shape index (κ2) is 5.17. The highest BCUT2D eigenvalue weighted by Crippen LogP contribution is 2.34. The summed E-state index contributed by atoms with van der Waals surface area (Å²) in [5, 5.41) is 9.75. The maximum Gasteiger partial charge on any atom is 0.201 e. The van der Waals surface area contributed by atoms with E-state index in [-0.39, 0.29) is 18.0 Å². The molecule has 1 aliphatic carbocycles. The number of aliphatic hydroxyl groups excluding tert-OH is 1. The van der Waals surface area contributed by atoms with Crippen LogP contribution in [0.4, 0.5) is 0 Å². The van der Waals surface area contributed by atoms with Gasteiger partial charge in [0.2, 0.25) is 5.78 Å². The minimum absolute atomic E-state index is 0.163. The van der Waals surface area contributed by atoms with Crippen LogP contribution in [-0.2, 0) is 4.79 Å². The minimum Gasteiger partial charge on any atom is -0.504 e. The first-order valence-electron chi connectivity index (χ1n) is 6.53. The third kappa shape index (κ3) is 2.28. The maximum absolute atomic E-state index is 11.8. The first-order valence-corrected chi connectivity index (χ1v) is 6.53. The van der Waals surface area contributed by atoms with Crippen molar-refractivity contribution in [1.82, 2.24) is 0 Å². The summed E-state index contributed by atoms with van der Waals surface area (Å²) in [5.41, 5.74) is 3.89. The van der Waals surface area contributed by atoms with Crippen molar-refractivity contribution in [3.63, 3.8) is 0 Å². The Balaban J connectivity index is 2.20. The fourth-order valence-corrected chi connectivity index (χ4v) is 2.42. The van der Waals surface area contributed by atoms with Gasteiger partial charge in [0.05, 0.1) is 0 Å². The molecule has 0 atom stereocenters. The Bertz CT molecular complexity index is 695. The summed E-state index contributed by atoms with van der Waals surface area (Å²) in [4.78, 5) is 11.8. The highest BCUT2D eigenvalue weighted by molar-refractivity contribution is 6.12. The summed E-state index contributed by atoms with van der Waals surface area (Å²) in [6, 6.07) is 19.6. The van der Waals surface area contributed by atoms with Crippen molar-refractivity contribution < 1.29 is 9.90 Å². The van der Waals surface area contributed by atoms with Gasteiger partial charge in [-0.25, -0.2) is 0 Å². The molecule has 2 aromatic carbocycles. The first kappa shape index (κ1) is 12.4. The summed E-state index contributed by atoms with van der Waals surface area (Å²) in [5.74, 6) is -0.396. The number of rotatable bonds is 2. The van der Waals surface area contributed by atoms with Crippen molar-refractivity contribution in [1.29, 1.82) is 0 Å². The standard InChI is InChI=1S/C18H14O2/c19-17-11-15(13-7-3-1-4-8-13)16(12-18(17)20)14-9-5-2-6-10-14/h1-11,19H,12H2. The minimum atomic E-state index is -0.233. The molecule has 0 saturated carbocycles. The topological polar surface area (TPSA) is 37.3 Å². The van der Waals surface area contributed by atoms with Gasteiger partial charge in [0.15, 0.2) is 5.76 Å². The molecule has 2 nitrogen and oxygen atoms in total. The molecule has 20 heavy (non-hydrogen) atoms. The van der Waals surface area contributed by atoms with Gasteiger partial charge in [-0.15, -0.1) is 0 Å². The Morgan fingerprint density at radius 2 is 1.35 bits per heavy atom. The second-order valence-corrected chi connectivity index (χ2v) is 4.75. The number of Topliss-reactive ketones (excluding diaryl/α,β-unsaturated/α-hetero) is 1. The highest BCUT2D eigenvalue weighted by atomic mass is 16.3. The molecule has 98 valence electrons. The van der Waals surface area contributed by atoms with Crippen LogP contribution in [0.25, 0.3) is 11.1 Å². The van der Waals surface area contributed by atoms with Gasteiger partial charge in [-0.1, -0.05) is 60.7 Å². The van der Waals surface area contributed by atoms with Crippen LogP contribution in [0.3, 0.4) is 0 Å². The molecule has 0 aromatic heterocycles. The van der Waals surface area contributed by atoms with Crippen molar-refractivity contribution in [2.75, 3.05) is 0 Å². The van der Waals surface area contributed by atoms with Crippen LogP contribution in [0.15, 0.2) is 72.5 Å². The molecule has 0 amide bonds. The van der Waals surface area contributed by atoms with Crippen molar-refractivity contribution in [2.24, 2.45) is 0 Å². The fraction of sp³-hybridized carbons (Fsp3) is 0.0556. The zero-order chi connectivity index (χ0) is 13.9. The van der Waals surface area contributed by atoms with Crippen LogP contribution in [-0.4, -0.2) is 10.9 Å². The Labute approximate surface area is 117 Å². The van der Waals surface area contributed by atoms with Crippen LogP contribution in [0, 0.1) is 0 Å². The number of carbonyl (C=O) groups is 1. The van der Waals surface area contributed by atoms with Crippen LogP contribution in [0.5, 0.6) is 0 Å². The third-order valence-corrected chi connectivity index (χ3v) is 3.44. The molecule has 0 fully saturated rings. The second-order valence-electron chi connectivity index (χ2n) is 4.75. The summed E-state index contributed by atoms with van der Waals surface area (Å²) in [6.45, 7) is 0. The number of aliphatic hydroxyl groups is 1. The van der Waals surface area contributed by atoms with E-state index in [4.69, 9.17) is 0 Å². The molecule has 1 N–H and O–H groups in total. The van der Waals surface area contributed by atoms with E-state index in [1.54, 1.807) is 6.08 Å². The normalized spacial score (nSPS) is 15.2. The van der Waals surface area contributed by atoms with E-state index in [0.29, 0.717) is 0 Å². The van der Waals surface area contributed by atoms with Gasteiger partial charge < -0.3 is 5.11 Å². The largest absolute Gasteiger partial charge is 0.504 e. The van der Waals surface area contributed by atoms with Gasteiger partial charge in [0.25, 0.3) is 0 Å². The lowest BCUT2D eigenvalue weighted by Crippen LogP contribution is -2.09. The van der Waals surface area contributed by atoms with Crippen LogP contribution < -0.4 is 0 Å². The average Bonchev–Trinajstić information content (AvgIpc) is 2.51. The van der Waals surface area contributed by atoms with Crippen LogP contribution in [0.1, 0.15) is 17.5 Å². The molecule has 2 aromatic rings. The summed E-state index contributed by atoms with van der Waals surface area (Å²) in [7, 11) is 0. The molecular weight excluding hydrogens is 248 g/mol. The predicted octanol–water partition coefficient (Wildman–Crippen LogP) is 4.01. The molecule has 0 radical (unpaired) electrons. The lowest BCUT2D eigenvalue weighted by Gasteiger charge is -2.17. The molecule has 3 rings (SSSR count). The number of ketones is 1. The zero-order valence-corrected chi connectivity index (χ0v) is 10.9. The van der Waals surface area contributed by atoms with Gasteiger partial charge in [0.1, 0.15) is 0 Å². The van der Waals surface area contributed by atoms with Gasteiger partial charge in [-0.3, -0.25) is 4.79 Å². The summed E-state index contributed by atoms with van der Waals surface area (Å²) < 4.78 is 0. The van der Waals surface area contributed by atoms with E-state index >= 15 is 0 Å². The molecule has 1 aliphatic rings. The Hall–Kier alpha value is -2.61. The predicted molar refractivity (Wildman–Crippen MR) is 80.0 cm³/mol. The first-order chi connectivity index (χ1) is 9.75. The highest BCUT2D eigenvalue weighted by Gasteiger charge is 2.22. The molecule has 0 heterocycles. The number of hydrogen-bond acceptors (Lipinski definition) is 2. The molecular formula is C18H14O2. The summed E-state index contributed by atoms with van der Waals surface area (Å²) in [6.07, 6.45) is 1.81. The van der Waals surface area contributed by atoms with E-state index in [1.807, 2.05) is 60.7 Å². The SMILES string of the molecule is O=C1CC(c2ccccc2)=C(c2ccccc2)C=C1O. The molecule has 0 bridgehead atoms. The van der Waals surface area contributed by atoms with E-state index in [1.165, 1.54) is 0 Å². The lowest BCUT2D eigenvalue weighted by molar-refractivity contribution is -0.117. The molecule has 0 aliphatic heterocycles. The van der Waals surface area contributed by atoms with E-state index in [9.17, 15) is 9.90 Å².